The van der Waals surface area contributed by atoms with Crippen molar-refractivity contribution in [1.29, 1.82) is 0 Å². The van der Waals surface area contributed by atoms with Gasteiger partial charge in [-0.2, -0.15) is 0 Å². The highest BCUT2D eigenvalue weighted by Crippen LogP contribution is 2.34. The quantitative estimate of drug-likeness (QED) is 0.875. The number of carboxylic acid groups (broad SMARTS) is 1. The summed E-state index contributed by atoms with van der Waals surface area (Å²) >= 11 is 0. The molecule has 0 amide bonds. The fraction of sp³-hybridized carbons (Fsp3) is 0.250. The maximum absolute atomic E-state index is 13.3. The molecular weight excluding hydrogens is 228 g/mol. The molecule has 0 aliphatic rings. The third-order valence-electron chi connectivity index (χ3n) is 2.71. The summed E-state index contributed by atoms with van der Waals surface area (Å²) in [4.78, 5) is 10.8. The van der Waals surface area contributed by atoms with Crippen LogP contribution in [-0.4, -0.2) is 15.6 Å². The van der Waals surface area contributed by atoms with Crippen molar-refractivity contribution in [2.75, 3.05) is 0 Å². The number of aryl methyl sites for hydroxylation is 1. The minimum absolute atomic E-state index is 0.0877. The Labute approximate surface area is 96.3 Å². The molecule has 5 heteroatoms. The highest BCUT2D eigenvalue weighted by atomic mass is 19.3. The summed E-state index contributed by atoms with van der Waals surface area (Å²) in [5.74, 6) is -4.01. The zero-order chi connectivity index (χ0) is 12.8. The summed E-state index contributed by atoms with van der Waals surface area (Å²) in [6.45, 7) is 0.826. The number of alkyl halides is 2. The van der Waals surface area contributed by atoms with Crippen molar-refractivity contribution in [3.63, 3.8) is 0 Å². The minimum atomic E-state index is -2.94. The van der Waals surface area contributed by atoms with Gasteiger partial charge in [0.25, 0.3) is 5.92 Å². The number of hydrogen-bond acceptors (Lipinski definition) is 1. The van der Waals surface area contributed by atoms with Gasteiger partial charge in [-0.25, -0.2) is 13.6 Å². The molecule has 0 aliphatic carbocycles. The number of halogens is 2. The van der Waals surface area contributed by atoms with Crippen LogP contribution < -0.4 is 0 Å². The van der Waals surface area contributed by atoms with E-state index in [1.807, 2.05) is 0 Å². The molecule has 0 unspecified atom stereocenters. The van der Waals surface area contributed by atoms with Crippen molar-refractivity contribution in [1.82, 2.24) is 4.57 Å². The van der Waals surface area contributed by atoms with Gasteiger partial charge in [0.2, 0.25) is 0 Å². The molecule has 2 aromatic rings. The predicted molar refractivity (Wildman–Crippen MR) is 59.4 cm³/mol. The van der Waals surface area contributed by atoms with E-state index in [4.69, 9.17) is 5.11 Å². The first-order valence-corrected chi connectivity index (χ1v) is 5.01. The van der Waals surface area contributed by atoms with E-state index < -0.39 is 11.9 Å². The number of benzene rings is 1. The monoisotopic (exact) mass is 239 g/mol. The normalized spacial score (nSPS) is 12.0. The van der Waals surface area contributed by atoms with Gasteiger partial charge in [0.05, 0.1) is 5.56 Å². The van der Waals surface area contributed by atoms with Gasteiger partial charge in [0.15, 0.2) is 0 Å². The topological polar surface area (TPSA) is 42.2 Å². The lowest BCUT2D eigenvalue weighted by Crippen LogP contribution is -2.05. The number of nitrogens with zero attached hydrogens (tertiary/aromatic N) is 1. The third kappa shape index (κ3) is 1.88. The molecule has 1 heterocycles. The van der Waals surface area contributed by atoms with Gasteiger partial charge in [0.1, 0.15) is 0 Å². The van der Waals surface area contributed by atoms with Crippen LogP contribution in [0.15, 0.2) is 24.4 Å². The first-order chi connectivity index (χ1) is 7.80. The molecule has 3 nitrogen and oxygen atoms in total. The number of fused-ring (bicyclic) bond motifs is 1. The molecule has 0 bridgehead atoms. The number of rotatable bonds is 2. The van der Waals surface area contributed by atoms with Crippen LogP contribution in [0.2, 0.25) is 0 Å². The first kappa shape index (κ1) is 11.6. The van der Waals surface area contributed by atoms with E-state index >= 15 is 0 Å². The van der Waals surface area contributed by atoms with E-state index in [1.54, 1.807) is 7.05 Å². The summed E-state index contributed by atoms with van der Waals surface area (Å²) in [5, 5.41) is 9.22. The van der Waals surface area contributed by atoms with Crippen LogP contribution in [0, 0.1) is 0 Å². The van der Waals surface area contributed by atoms with E-state index in [1.165, 1.54) is 29.0 Å². The van der Waals surface area contributed by atoms with Gasteiger partial charge in [0, 0.05) is 36.6 Å². The average Bonchev–Trinajstić information content (AvgIpc) is 2.55. The molecule has 0 aliphatic heterocycles. The lowest BCUT2D eigenvalue weighted by Gasteiger charge is -2.08. The lowest BCUT2D eigenvalue weighted by molar-refractivity contribution is 0.0189. The minimum Gasteiger partial charge on any atom is -0.478 e. The summed E-state index contributed by atoms with van der Waals surface area (Å²) in [5.41, 5.74) is 0.484. The molecule has 0 saturated heterocycles. The van der Waals surface area contributed by atoms with Gasteiger partial charge >= 0.3 is 5.97 Å². The van der Waals surface area contributed by atoms with Gasteiger partial charge < -0.3 is 9.67 Å². The Morgan fingerprint density at radius 3 is 2.59 bits per heavy atom. The molecule has 0 fully saturated rings. The second kappa shape index (κ2) is 3.55. The molecule has 0 atom stereocenters. The van der Waals surface area contributed by atoms with Crippen molar-refractivity contribution in [3.05, 3.63) is 35.5 Å². The van der Waals surface area contributed by atoms with Crippen molar-refractivity contribution in [3.8, 4) is 0 Å². The number of carbonyl (C=O) groups is 1. The average molecular weight is 239 g/mol. The summed E-state index contributed by atoms with van der Waals surface area (Å²) in [7, 11) is 1.61. The number of aromatic nitrogens is 1. The second-order valence-electron chi connectivity index (χ2n) is 4.08. The van der Waals surface area contributed by atoms with Crippen molar-refractivity contribution in [2.45, 2.75) is 12.8 Å². The Morgan fingerprint density at radius 2 is 2.06 bits per heavy atom. The summed E-state index contributed by atoms with van der Waals surface area (Å²) in [6.07, 6.45) is 1.33. The second-order valence-corrected chi connectivity index (χ2v) is 4.08. The molecule has 0 radical (unpaired) electrons. The number of hydrogen-bond donors (Lipinski definition) is 1. The van der Waals surface area contributed by atoms with E-state index in [0.717, 1.165) is 6.92 Å². The van der Waals surface area contributed by atoms with Crippen LogP contribution >= 0.6 is 0 Å². The van der Waals surface area contributed by atoms with Gasteiger partial charge in [-0.05, 0) is 12.1 Å². The van der Waals surface area contributed by atoms with Crippen molar-refractivity contribution in [2.24, 2.45) is 7.05 Å². The fourth-order valence-corrected chi connectivity index (χ4v) is 1.87. The van der Waals surface area contributed by atoms with Crippen molar-refractivity contribution < 1.29 is 18.7 Å². The summed E-state index contributed by atoms with van der Waals surface area (Å²) in [6, 6.07) is 4.15. The zero-order valence-corrected chi connectivity index (χ0v) is 9.37. The highest BCUT2D eigenvalue weighted by molar-refractivity contribution is 5.94. The van der Waals surface area contributed by atoms with Gasteiger partial charge in [-0.1, -0.05) is 6.07 Å². The Hall–Kier alpha value is -1.91. The van der Waals surface area contributed by atoms with Crippen LogP contribution in [0.5, 0.6) is 0 Å². The van der Waals surface area contributed by atoms with Crippen molar-refractivity contribution >= 4 is 16.9 Å². The molecule has 2 rings (SSSR count). The lowest BCUT2D eigenvalue weighted by atomic mass is 10.1. The third-order valence-corrected chi connectivity index (χ3v) is 2.71. The van der Waals surface area contributed by atoms with Crippen LogP contribution in [0.25, 0.3) is 10.9 Å². The van der Waals surface area contributed by atoms with E-state index in [0.29, 0.717) is 10.9 Å². The molecule has 0 spiro atoms. The molecular formula is C12H11F2NO2. The Kier molecular flexibility index (Phi) is 2.41. The predicted octanol–water partition coefficient (Wildman–Crippen LogP) is 2.99. The first-order valence-electron chi connectivity index (χ1n) is 5.01. The van der Waals surface area contributed by atoms with E-state index in [9.17, 15) is 13.6 Å². The molecule has 0 saturated carbocycles. The maximum Gasteiger partial charge on any atom is 0.335 e. The molecule has 1 aromatic heterocycles. The zero-order valence-electron chi connectivity index (χ0n) is 9.37. The van der Waals surface area contributed by atoms with E-state index in [2.05, 4.69) is 0 Å². The Morgan fingerprint density at radius 1 is 1.41 bits per heavy atom. The van der Waals surface area contributed by atoms with Gasteiger partial charge in [-0.15, -0.1) is 0 Å². The van der Waals surface area contributed by atoms with Crippen LogP contribution in [0.4, 0.5) is 8.78 Å². The number of aromatic carboxylic acids is 1. The van der Waals surface area contributed by atoms with Crippen LogP contribution in [-0.2, 0) is 13.0 Å². The Balaban J connectivity index is 2.74. The highest BCUT2D eigenvalue weighted by Gasteiger charge is 2.28. The fourth-order valence-electron chi connectivity index (χ4n) is 1.87. The molecule has 1 aromatic carbocycles. The van der Waals surface area contributed by atoms with Crippen LogP contribution in [0.1, 0.15) is 22.8 Å². The SMILES string of the molecule is Cn1cc(C(C)(F)F)c2ccc(C(=O)O)cc21. The molecule has 17 heavy (non-hydrogen) atoms. The van der Waals surface area contributed by atoms with Gasteiger partial charge in [-0.3, -0.25) is 0 Å². The standard InChI is InChI=1S/C12H11F2NO2/c1-12(13,14)9-6-15(2)10-5-7(11(16)17)3-4-8(9)10/h3-6H,1-2H3,(H,16,17). The summed E-state index contributed by atoms with van der Waals surface area (Å²) < 4.78 is 28.2. The molecule has 1 N–H and O–H groups in total. The number of carboxylic acids is 1. The molecule has 90 valence electrons. The maximum atomic E-state index is 13.3. The van der Waals surface area contributed by atoms with E-state index in [-0.39, 0.29) is 11.1 Å². The van der Waals surface area contributed by atoms with Crippen LogP contribution in [0.3, 0.4) is 0 Å². The smallest absolute Gasteiger partial charge is 0.335 e. The largest absolute Gasteiger partial charge is 0.478 e. The Bertz CT molecular complexity index is 596.